The van der Waals surface area contributed by atoms with Gasteiger partial charge in [0.1, 0.15) is 6.04 Å². The first-order valence-corrected chi connectivity index (χ1v) is 6.38. The van der Waals surface area contributed by atoms with E-state index in [9.17, 15) is 14.4 Å². The van der Waals surface area contributed by atoms with E-state index in [0.29, 0.717) is 0 Å². The molecule has 7 heteroatoms. The lowest BCUT2D eigenvalue weighted by Crippen LogP contribution is -2.47. The summed E-state index contributed by atoms with van der Waals surface area (Å²) in [7, 11) is 0. The molecule has 0 saturated heterocycles. The molecule has 21 heavy (non-hydrogen) atoms. The molecule has 0 aliphatic heterocycles. The van der Waals surface area contributed by atoms with Crippen molar-refractivity contribution in [2.24, 2.45) is 0 Å². The number of urea groups is 1. The molecule has 0 fully saturated rings. The van der Waals surface area contributed by atoms with Crippen LogP contribution in [0.5, 0.6) is 0 Å². The minimum atomic E-state index is -1.47. The van der Waals surface area contributed by atoms with Crippen molar-refractivity contribution in [1.29, 1.82) is 0 Å². The number of carboxylic acid groups (broad SMARTS) is 2. The normalized spacial score (nSPS) is 13.0. The number of rotatable bonds is 6. The van der Waals surface area contributed by atoms with Crippen molar-refractivity contribution in [2.75, 3.05) is 0 Å². The SMILES string of the molecule is Cc1ccccc1C(C)NC(=O)N[C@@H](CC(=O)O)C(=O)O. The average molecular weight is 294 g/mol. The fourth-order valence-electron chi connectivity index (χ4n) is 1.92. The van der Waals surface area contributed by atoms with Gasteiger partial charge in [-0.2, -0.15) is 0 Å². The Morgan fingerprint density at radius 2 is 1.76 bits per heavy atom. The second-order valence-corrected chi connectivity index (χ2v) is 4.68. The standard InChI is InChI=1S/C14H18N2O5/c1-8-5-3-4-6-10(8)9(2)15-14(21)16-11(13(19)20)7-12(17)18/h3-6,9,11H,7H2,1-2H3,(H,17,18)(H,19,20)(H2,15,16,21)/t9?,11-/m0/s1. The molecule has 1 rings (SSSR count). The zero-order valence-electron chi connectivity index (χ0n) is 11.8. The van der Waals surface area contributed by atoms with Crippen molar-refractivity contribution >= 4 is 18.0 Å². The lowest BCUT2D eigenvalue weighted by molar-refractivity contribution is -0.145. The molecular weight excluding hydrogens is 276 g/mol. The van der Waals surface area contributed by atoms with E-state index in [0.717, 1.165) is 11.1 Å². The maximum atomic E-state index is 11.8. The lowest BCUT2D eigenvalue weighted by atomic mass is 10.0. The second-order valence-electron chi connectivity index (χ2n) is 4.68. The predicted molar refractivity (Wildman–Crippen MR) is 74.9 cm³/mol. The molecule has 0 radical (unpaired) electrons. The molecule has 114 valence electrons. The third-order valence-electron chi connectivity index (χ3n) is 2.98. The molecule has 0 aliphatic rings. The number of hydrogen-bond acceptors (Lipinski definition) is 3. The molecular formula is C14H18N2O5. The molecule has 2 atom stereocenters. The topological polar surface area (TPSA) is 116 Å². The quantitative estimate of drug-likeness (QED) is 0.631. The summed E-state index contributed by atoms with van der Waals surface area (Å²) >= 11 is 0. The molecule has 1 aromatic rings. The third kappa shape index (κ3) is 5.13. The maximum Gasteiger partial charge on any atom is 0.326 e. The maximum absolute atomic E-state index is 11.8. The molecule has 0 spiro atoms. The molecule has 1 unspecified atom stereocenters. The van der Waals surface area contributed by atoms with Crippen LogP contribution < -0.4 is 10.6 Å². The van der Waals surface area contributed by atoms with Gasteiger partial charge in [0.2, 0.25) is 0 Å². The largest absolute Gasteiger partial charge is 0.481 e. The van der Waals surface area contributed by atoms with Crippen LogP contribution in [0.4, 0.5) is 4.79 Å². The van der Waals surface area contributed by atoms with Crippen LogP contribution in [0.2, 0.25) is 0 Å². The van der Waals surface area contributed by atoms with Gasteiger partial charge in [-0.1, -0.05) is 24.3 Å². The van der Waals surface area contributed by atoms with Crippen LogP contribution in [-0.4, -0.2) is 34.2 Å². The van der Waals surface area contributed by atoms with E-state index in [2.05, 4.69) is 10.6 Å². The first kappa shape index (κ1) is 16.5. The summed E-state index contributed by atoms with van der Waals surface area (Å²) in [5, 5.41) is 22.2. The van der Waals surface area contributed by atoms with E-state index in [1.807, 2.05) is 31.2 Å². The Balaban J connectivity index is 2.66. The van der Waals surface area contributed by atoms with Gasteiger partial charge in [-0.15, -0.1) is 0 Å². The number of nitrogens with one attached hydrogen (secondary N) is 2. The number of amides is 2. The molecule has 7 nitrogen and oxygen atoms in total. The Hall–Kier alpha value is -2.57. The number of carbonyl (C=O) groups excluding carboxylic acids is 1. The molecule has 0 heterocycles. The smallest absolute Gasteiger partial charge is 0.326 e. The first-order chi connectivity index (χ1) is 9.81. The first-order valence-electron chi connectivity index (χ1n) is 6.38. The Bertz CT molecular complexity index is 544. The van der Waals surface area contributed by atoms with Crippen molar-refractivity contribution in [3.05, 3.63) is 35.4 Å². The van der Waals surface area contributed by atoms with Crippen molar-refractivity contribution in [1.82, 2.24) is 10.6 Å². The molecule has 0 saturated carbocycles. The highest BCUT2D eigenvalue weighted by atomic mass is 16.4. The van der Waals surface area contributed by atoms with E-state index >= 15 is 0 Å². The zero-order valence-corrected chi connectivity index (χ0v) is 11.8. The van der Waals surface area contributed by atoms with Crippen LogP contribution in [0.15, 0.2) is 24.3 Å². The highest BCUT2D eigenvalue weighted by molar-refractivity contribution is 5.86. The van der Waals surface area contributed by atoms with Crippen molar-refractivity contribution in [3.63, 3.8) is 0 Å². The Morgan fingerprint density at radius 3 is 2.29 bits per heavy atom. The van der Waals surface area contributed by atoms with Crippen LogP contribution in [0.25, 0.3) is 0 Å². The summed E-state index contributed by atoms with van der Waals surface area (Å²) in [5.41, 5.74) is 1.89. The van der Waals surface area contributed by atoms with E-state index < -0.39 is 30.4 Å². The summed E-state index contributed by atoms with van der Waals surface area (Å²) < 4.78 is 0. The highest BCUT2D eigenvalue weighted by Gasteiger charge is 2.23. The number of carboxylic acids is 2. The second kappa shape index (κ2) is 7.28. The Labute approximate surface area is 122 Å². The van der Waals surface area contributed by atoms with Gasteiger partial charge in [0.15, 0.2) is 0 Å². The van der Waals surface area contributed by atoms with E-state index in [1.54, 1.807) is 6.92 Å². The Kier molecular flexibility index (Phi) is 5.71. The van der Waals surface area contributed by atoms with Gasteiger partial charge in [-0.25, -0.2) is 9.59 Å². The summed E-state index contributed by atoms with van der Waals surface area (Å²) in [4.78, 5) is 33.2. The fraction of sp³-hybridized carbons (Fsp3) is 0.357. The minimum absolute atomic E-state index is 0.328. The highest BCUT2D eigenvalue weighted by Crippen LogP contribution is 2.16. The summed E-state index contributed by atoms with van der Waals surface area (Å²) in [6.07, 6.45) is -0.679. The van der Waals surface area contributed by atoms with Crippen LogP contribution in [0.3, 0.4) is 0 Å². The van der Waals surface area contributed by atoms with Gasteiger partial charge < -0.3 is 20.8 Å². The molecule has 0 aromatic heterocycles. The number of benzene rings is 1. The predicted octanol–water partition coefficient (Wildman–Crippen LogP) is 1.28. The van der Waals surface area contributed by atoms with Gasteiger partial charge in [-0.3, -0.25) is 4.79 Å². The van der Waals surface area contributed by atoms with Crippen LogP contribution in [0.1, 0.15) is 30.5 Å². The van der Waals surface area contributed by atoms with E-state index in [4.69, 9.17) is 10.2 Å². The monoisotopic (exact) mass is 294 g/mol. The van der Waals surface area contributed by atoms with E-state index in [-0.39, 0.29) is 6.04 Å². The van der Waals surface area contributed by atoms with Crippen molar-refractivity contribution in [2.45, 2.75) is 32.4 Å². The van der Waals surface area contributed by atoms with Crippen LogP contribution in [0, 0.1) is 6.92 Å². The van der Waals surface area contributed by atoms with Gasteiger partial charge in [-0.05, 0) is 25.0 Å². The number of aryl methyl sites for hydroxylation is 1. The van der Waals surface area contributed by atoms with E-state index in [1.165, 1.54) is 0 Å². The number of aliphatic carboxylic acids is 2. The van der Waals surface area contributed by atoms with Gasteiger partial charge >= 0.3 is 18.0 Å². The van der Waals surface area contributed by atoms with Gasteiger partial charge in [0.25, 0.3) is 0 Å². The third-order valence-corrected chi connectivity index (χ3v) is 2.98. The molecule has 0 aliphatic carbocycles. The minimum Gasteiger partial charge on any atom is -0.481 e. The van der Waals surface area contributed by atoms with Gasteiger partial charge in [0.05, 0.1) is 12.5 Å². The lowest BCUT2D eigenvalue weighted by Gasteiger charge is -2.19. The summed E-state index contributed by atoms with van der Waals surface area (Å²) in [6.45, 7) is 3.66. The van der Waals surface area contributed by atoms with Crippen LogP contribution >= 0.6 is 0 Å². The number of hydrogen-bond donors (Lipinski definition) is 4. The Morgan fingerprint density at radius 1 is 1.14 bits per heavy atom. The molecule has 4 N–H and O–H groups in total. The summed E-state index contributed by atoms with van der Waals surface area (Å²) in [5.74, 6) is -2.69. The average Bonchev–Trinajstić information content (AvgIpc) is 2.37. The molecule has 0 bridgehead atoms. The zero-order chi connectivity index (χ0) is 16.0. The summed E-state index contributed by atoms with van der Waals surface area (Å²) in [6, 6.07) is 4.95. The fourth-order valence-corrected chi connectivity index (χ4v) is 1.92. The molecule has 2 amide bonds. The number of carbonyl (C=O) groups is 3. The van der Waals surface area contributed by atoms with Gasteiger partial charge in [0, 0.05) is 0 Å². The van der Waals surface area contributed by atoms with Crippen molar-refractivity contribution in [3.8, 4) is 0 Å². The molecule has 1 aromatic carbocycles. The van der Waals surface area contributed by atoms with Crippen LogP contribution in [-0.2, 0) is 9.59 Å². The van der Waals surface area contributed by atoms with Crippen molar-refractivity contribution < 1.29 is 24.6 Å².